The second-order valence-electron chi connectivity index (χ2n) is 8.72. The van der Waals surface area contributed by atoms with Gasteiger partial charge in [0.2, 0.25) is 5.91 Å². The van der Waals surface area contributed by atoms with Crippen molar-refractivity contribution in [2.75, 3.05) is 26.7 Å². The van der Waals surface area contributed by atoms with Crippen LogP contribution in [0.15, 0.2) is 36.7 Å². The Balaban J connectivity index is 1.43. The van der Waals surface area contributed by atoms with Crippen molar-refractivity contribution in [1.82, 2.24) is 20.1 Å². The number of nitrogens with zero attached hydrogens (tertiary/aromatic N) is 4. The molecule has 2 amide bonds. The Labute approximate surface area is 196 Å². The summed E-state index contributed by atoms with van der Waals surface area (Å²) < 4.78 is 27.2. The number of hydrogen-bond acceptors (Lipinski definition) is 5. The van der Waals surface area contributed by atoms with Crippen LogP contribution in [0.1, 0.15) is 39.0 Å². The highest BCUT2D eigenvalue weighted by molar-refractivity contribution is 6.00. The van der Waals surface area contributed by atoms with Gasteiger partial charge in [0.05, 0.1) is 19.2 Å². The molecule has 1 unspecified atom stereocenters. The van der Waals surface area contributed by atoms with E-state index in [0.717, 1.165) is 30.0 Å². The molecule has 1 aromatic carbocycles. The maximum atomic E-state index is 13.6. The van der Waals surface area contributed by atoms with Crippen molar-refractivity contribution < 1.29 is 18.4 Å². The van der Waals surface area contributed by atoms with Crippen LogP contribution in [0.3, 0.4) is 0 Å². The molecule has 2 aromatic rings. The summed E-state index contributed by atoms with van der Waals surface area (Å²) in [5, 5.41) is 11.5. The third-order valence-corrected chi connectivity index (χ3v) is 6.12. The highest BCUT2D eigenvalue weighted by atomic mass is 19.3. The molecular weight excluding hydrogens is 440 g/mol. The van der Waals surface area contributed by atoms with E-state index in [1.54, 1.807) is 18.3 Å². The van der Waals surface area contributed by atoms with Gasteiger partial charge in [0.1, 0.15) is 6.04 Å². The van der Waals surface area contributed by atoms with Gasteiger partial charge < -0.3 is 15.1 Å². The third kappa shape index (κ3) is 5.29. The average molecular weight is 466 g/mol. The summed E-state index contributed by atoms with van der Waals surface area (Å²) in [6.07, 6.45) is 7.00. The highest BCUT2D eigenvalue weighted by Crippen LogP contribution is 2.31. The van der Waals surface area contributed by atoms with E-state index in [-0.39, 0.29) is 0 Å². The first kappa shape index (κ1) is 23.5. The van der Waals surface area contributed by atoms with Gasteiger partial charge in [-0.25, -0.2) is 8.78 Å². The lowest BCUT2D eigenvalue weighted by Crippen LogP contribution is -2.43. The van der Waals surface area contributed by atoms with Crippen LogP contribution in [0, 0.1) is 11.3 Å². The molecule has 2 aliphatic rings. The van der Waals surface area contributed by atoms with Crippen LogP contribution in [0.2, 0.25) is 0 Å². The van der Waals surface area contributed by atoms with Crippen molar-refractivity contribution in [3.05, 3.63) is 64.5 Å². The number of carbonyl (C=O) groups excluding carboxylic acids is 2. The van der Waals surface area contributed by atoms with Gasteiger partial charge in [-0.3, -0.25) is 14.6 Å². The van der Waals surface area contributed by atoms with Crippen LogP contribution in [-0.4, -0.2) is 65.2 Å². The van der Waals surface area contributed by atoms with Gasteiger partial charge in [-0.1, -0.05) is 30.4 Å². The lowest BCUT2D eigenvalue weighted by atomic mass is 9.97. The quantitative estimate of drug-likeness (QED) is 0.734. The summed E-state index contributed by atoms with van der Waals surface area (Å²) in [7, 11) is 2.10. The van der Waals surface area contributed by atoms with Crippen LogP contribution >= 0.6 is 0 Å². The Morgan fingerprint density at radius 3 is 2.91 bits per heavy atom. The van der Waals surface area contributed by atoms with Crippen LogP contribution in [0.4, 0.5) is 8.78 Å². The largest absolute Gasteiger partial charge is 0.343 e. The highest BCUT2D eigenvalue weighted by Gasteiger charge is 2.47. The molecule has 9 heteroatoms. The van der Waals surface area contributed by atoms with E-state index in [1.165, 1.54) is 23.4 Å². The Bertz CT molecular complexity index is 1170. The average Bonchev–Trinajstić information content (AvgIpc) is 3.15. The number of fused-ring (bicyclic) bond motifs is 1. The summed E-state index contributed by atoms with van der Waals surface area (Å²) in [6, 6.07) is 8.35. The van der Waals surface area contributed by atoms with Gasteiger partial charge in [-0.05, 0) is 36.2 Å². The van der Waals surface area contributed by atoms with Crippen LogP contribution in [0.5, 0.6) is 0 Å². The minimum Gasteiger partial charge on any atom is -0.343 e. The van der Waals surface area contributed by atoms with E-state index in [2.05, 4.69) is 34.4 Å². The van der Waals surface area contributed by atoms with E-state index in [9.17, 15) is 18.4 Å². The Hall–Kier alpha value is -3.64. The lowest BCUT2D eigenvalue weighted by Gasteiger charge is -2.25. The number of nitrogens with one attached hydrogen (secondary N) is 1. The number of alkyl halides is 2. The smallest absolute Gasteiger partial charge is 0.268 e. The van der Waals surface area contributed by atoms with E-state index in [4.69, 9.17) is 5.26 Å². The maximum absolute atomic E-state index is 13.6. The molecule has 1 fully saturated rings. The molecule has 1 N–H and O–H groups in total. The molecule has 0 saturated carbocycles. The van der Waals surface area contributed by atoms with Gasteiger partial charge in [0, 0.05) is 43.0 Å². The number of hydrogen-bond donors (Lipinski definition) is 1. The zero-order valence-corrected chi connectivity index (χ0v) is 18.8. The summed E-state index contributed by atoms with van der Waals surface area (Å²) >= 11 is 0. The predicted octanol–water partition coefficient (Wildman–Crippen LogP) is 2.73. The SMILES string of the molecule is CN1CCc2cc(/C=C/c3cnccc3C(=O)NCC(=O)N3CC(F)(F)CC3C#N)ccc2C1. The van der Waals surface area contributed by atoms with Gasteiger partial charge >= 0.3 is 0 Å². The zero-order chi connectivity index (χ0) is 24.3. The number of halogens is 2. The lowest BCUT2D eigenvalue weighted by molar-refractivity contribution is -0.131. The zero-order valence-electron chi connectivity index (χ0n) is 18.8. The molecule has 1 aromatic heterocycles. The van der Waals surface area contributed by atoms with Gasteiger partial charge in [0.25, 0.3) is 11.8 Å². The first-order valence-corrected chi connectivity index (χ1v) is 11.0. The van der Waals surface area contributed by atoms with Crippen LogP contribution in [-0.2, 0) is 17.8 Å². The molecule has 34 heavy (non-hydrogen) atoms. The van der Waals surface area contributed by atoms with Crippen molar-refractivity contribution in [1.29, 1.82) is 5.26 Å². The van der Waals surface area contributed by atoms with Crippen molar-refractivity contribution in [2.24, 2.45) is 0 Å². The molecule has 1 atom stereocenters. The van der Waals surface area contributed by atoms with Crippen LogP contribution < -0.4 is 5.32 Å². The number of amides is 2. The number of rotatable bonds is 5. The molecule has 0 spiro atoms. The van der Waals surface area contributed by atoms with Crippen molar-refractivity contribution in [3.63, 3.8) is 0 Å². The molecule has 2 aliphatic heterocycles. The van der Waals surface area contributed by atoms with Crippen molar-refractivity contribution in [3.8, 4) is 6.07 Å². The van der Waals surface area contributed by atoms with Crippen molar-refractivity contribution in [2.45, 2.75) is 31.4 Å². The van der Waals surface area contributed by atoms with Crippen LogP contribution in [0.25, 0.3) is 12.2 Å². The molecule has 1 saturated heterocycles. The maximum Gasteiger partial charge on any atom is 0.268 e. The van der Waals surface area contributed by atoms with E-state index >= 15 is 0 Å². The monoisotopic (exact) mass is 465 g/mol. The van der Waals surface area contributed by atoms with E-state index < -0.39 is 43.3 Å². The van der Waals surface area contributed by atoms with E-state index in [0.29, 0.717) is 11.1 Å². The summed E-state index contributed by atoms with van der Waals surface area (Å²) in [6.45, 7) is 0.642. The van der Waals surface area contributed by atoms with Gasteiger partial charge in [0.15, 0.2) is 0 Å². The summed E-state index contributed by atoms with van der Waals surface area (Å²) in [5.74, 6) is -4.35. The number of benzene rings is 1. The molecule has 0 aliphatic carbocycles. The number of carbonyl (C=O) groups is 2. The Morgan fingerprint density at radius 2 is 2.12 bits per heavy atom. The summed E-state index contributed by atoms with van der Waals surface area (Å²) in [4.78, 5) is 32.3. The number of likely N-dealkylation sites (tertiary alicyclic amines) is 1. The molecule has 3 heterocycles. The molecule has 176 valence electrons. The first-order chi connectivity index (χ1) is 16.3. The fourth-order valence-corrected chi connectivity index (χ4v) is 4.30. The minimum atomic E-state index is -3.10. The number of pyridine rings is 1. The molecule has 0 bridgehead atoms. The number of aromatic nitrogens is 1. The van der Waals surface area contributed by atoms with E-state index in [1.807, 2.05) is 12.1 Å². The van der Waals surface area contributed by atoms with Gasteiger partial charge in [-0.15, -0.1) is 0 Å². The molecule has 4 rings (SSSR count). The minimum absolute atomic E-state index is 0.308. The number of likely N-dealkylation sites (N-methyl/N-ethyl adjacent to an activating group) is 1. The topological polar surface area (TPSA) is 89.3 Å². The molecule has 7 nitrogen and oxygen atoms in total. The van der Waals surface area contributed by atoms with Crippen molar-refractivity contribution >= 4 is 24.0 Å². The number of nitriles is 1. The fourth-order valence-electron chi connectivity index (χ4n) is 4.30. The Kier molecular flexibility index (Phi) is 6.70. The molecule has 0 radical (unpaired) electrons. The van der Waals surface area contributed by atoms with Gasteiger partial charge in [-0.2, -0.15) is 5.26 Å². The predicted molar refractivity (Wildman–Crippen MR) is 123 cm³/mol. The summed E-state index contributed by atoms with van der Waals surface area (Å²) in [5.41, 5.74) is 4.50. The normalized spacial score (nSPS) is 19.6. The Morgan fingerprint density at radius 1 is 1.29 bits per heavy atom. The second kappa shape index (κ2) is 9.69. The molecular formula is C25H25F2N5O2. The second-order valence-corrected chi connectivity index (χ2v) is 8.72. The third-order valence-electron chi connectivity index (χ3n) is 6.12. The fraction of sp³-hybridized carbons (Fsp3) is 0.360. The first-order valence-electron chi connectivity index (χ1n) is 11.0. The standard InChI is InChI=1S/C25H25F2N5O2/c1-31-9-7-18-10-17(3-5-20(18)15-31)2-4-19-13-29-8-6-22(19)24(34)30-14-23(33)32-16-25(26,27)11-21(32)12-28/h2-6,8,10,13,21H,7,9,11,14-16H2,1H3,(H,30,34)/b4-2+.